The average molecular weight is 395 g/mol. The topological polar surface area (TPSA) is 63.5 Å². The maximum atomic E-state index is 12.6. The minimum atomic E-state index is -0.00131. The third-order valence-corrected chi connectivity index (χ3v) is 6.45. The number of hydrogen-bond acceptors (Lipinski definition) is 4. The van der Waals surface area contributed by atoms with Gasteiger partial charge in [0, 0.05) is 17.7 Å². The predicted molar refractivity (Wildman–Crippen MR) is 112 cm³/mol. The van der Waals surface area contributed by atoms with Gasteiger partial charge in [-0.3, -0.25) is 9.59 Å². The molecular weight excluding hydrogens is 370 g/mol. The van der Waals surface area contributed by atoms with Crippen LogP contribution in [0.25, 0.3) is 10.2 Å². The van der Waals surface area contributed by atoms with E-state index in [1.165, 1.54) is 22.9 Å². The Morgan fingerprint density at radius 3 is 2.68 bits per heavy atom. The van der Waals surface area contributed by atoms with Crippen LogP contribution in [0.3, 0.4) is 0 Å². The molecule has 2 aromatic carbocycles. The molecule has 6 heteroatoms. The Labute approximate surface area is 168 Å². The standard InChI is InChI=1S/C22H23N3O2S/c1-15(26)16-9-11-17(12-10-16)23-21(27)14-25-13-5-4-7-19(25)22-24-18-6-2-3-8-20(18)28-22/h2-3,6,8-12,19H,4-5,7,13-14H2,1H3,(H,23,27)/p+1/t19-/m0/s1. The fourth-order valence-electron chi connectivity index (χ4n) is 3.83. The molecule has 1 amide bonds. The number of para-hydroxylation sites is 1. The van der Waals surface area contributed by atoms with Gasteiger partial charge in [-0.25, -0.2) is 4.98 Å². The third kappa shape index (κ3) is 4.13. The van der Waals surface area contributed by atoms with E-state index in [1.807, 2.05) is 12.1 Å². The SMILES string of the molecule is CC(=O)c1ccc(NC(=O)C[NH+]2CCCC[C@H]2c2nc3ccccc3s2)cc1. The van der Waals surface area contributed by atoms with E-state index in [0.717, 1.165) is 35.6 Å². The van der Waals surface area contributed by atoms with E-state index >= 15 is 0 Å². The van der Waals surface area contributed by atoms with Crippen molar-refractivity contribution in [2.45, 2.75) is 32.2 Å². The summed E-state index contributed by atoms with van der Waals surface area (Å²) in [4.78, 5) is 30.1. The maximum Gasteiger partial charge on any atom is 0.279 e. The molecule has 1 unspecified atom stereocenters. The zero-order valence-electron chi connectivity index (χ0n) is 15.9. The van der Waals surface area contributed by atoms with E-state index in [1.54, 1.807) is 35.6 Å². The number of nitrogens with zero attached hydrogens (tertiary/aromatic N) is 1. The number of aromatic nitrogens is 1. The highest BCUT2D eigenvalue weighted by atomic mass is 32.1. The van der Waals surface area contributed by atoms with E-state index in [0.29, 0.717) is 12.1 Å². The van der Waals surface area contributed by atoms with Crippen molar-refractivity contribution in [3.63, 3.8) is 0 Å². The highest BCUT2D eigenvalue weighted by Crippen LogP contribution is 2.28. The summed E-state index contributed by atoms with van der Waals surface area (Å²) in [5.74, 6) is 0.0212. The number of amides is 1. The van der Waals surface area contributed by atoms with Crippen LogP contribution in [-0.2, 0) is 4.79 Å². The molecule has 28 heavy (non-hydrogen) atoms. The predicted octanol–water partition coefficient (Wildman–Crippen LogP) is 3.25. The van der Waals surface area contributed by atoms with Crippen LogP contribution in [0.15, 0.2) is 48.5 Å². The first-order chi connectivity index (χ1) is 13.6. The molecular formula is C22H24N3O2S+. The Morgan fingerprint density at radius 1 is 1.14 bits per heavy atom. The average Bonchev–Trinajstić information content (AvgIpc) is 3.12. The second kappa shape index (κ2) is 8.20. The molecule has 1 aromatic heterocycles. The lowest BCUT2D eigenvalue weighted by atomic mass is 10.0. The highest BCUT2D eigenvalue weighted by molar-refractivity contribution is 7.18. The van der Waals surface area contributed by atoms with Crippen molar-refractivity contribution in [3.8, 4) is 0 Å². The molecule has 144 valence electrons. The number of benzene rings is 2. The van der Waals surface area contributed by atoms with Crippen LogP contribution in [0.4, 0.5) is 5.69 Å². The number of Topliss-reactive ketones (excluding diaryl/α,β-unsaturated/α-hetero) is 1. The minimum absolute atomic E-state index is 0.00131. The van der Waals surface area contributed by atoms with Gasteiger partial charge in [-0.1, -0.05) is 12.1 Å². The zero-order chi connectivity index (χ0) is 19.5. The molecule has 2 heterocycles. The molecule has 4 rings (SSSR count). The monoisotopic (exact) mass is 394 g/mol. The van der Waals surface area contributed by atoms with Gasteiger partial charge in [-0.15, -0.1) is 11.3 Å². The number of fused-ring (bicyclic) bond motifs is 1. The van der Waals surface area contributed by atoms with E-state index in [2.05, 4.69) is 17.4 Å². The van der Waals surface area contributed by atoms with E-state index in [4.69, 9.17) is 4.98 Å². The number of rotatable bonds is 5. The number of hydrogen-bond donors (Lipinski definition) is 2. The van der Waals surface area contributed by atoms with Crippen LogP contribution in [0, 0.1) is 0 Å². The van der Waals surface area contributed by atoms with E-state index in [9.17, 15) is 9.59 Å². The Hall–Kier alpha value is -2.57. The Kier molecular flexibility index (Phi) is 5.50. The molecule has 0 spiro atoms. The summed E-state index contributed by atoms with van der Waals surface area (Å²) in [6.45, 7) is 2.95. The second-order valence-electron chi connectivity index (χ2n) is 7.33. The van der Waals surface area contributed by atoms with Gasteiger partial charge in [-0.2, -0.15) is 0 Å². The van der Waals surface area contributed by atoms with Gasteiger partial charge in [0.15, 0.2) is 17.3 Å². The van der Waals surface area contributed by atoms with Gasteiger partial charge in [-0.05, 0) is 56.2 Å². The number of carbonyl (C=O) groups excluding carboxylic acids is 2. The summed E-state index contributed by atoms with van der Waals surface area (Å²) in [7, 11) is 0. The summed E-state index contributed by atoms with van der Waals surface area (Å²) in [5, 5.41) is 4.10. The molecule has 1 aliphatic heterocycles. The van der Waals surface area contributed by atoms with Crippen LogP contribution in [0.5, 0.6) is 0 Å². The molecule has 1 aliphatic rings. The highest BCUT2D eigenvalue weighted by Gasteiger charge is 2.31. The van der Waals surface area contributed by atoms with E-state index < -0.39 is 0 Å². The van der Waals surface area contributed by atoms with Gasteiger partial charge in [0.1, 0.15) is 6.04 Å². The molecule has 2 N–H and O–H groups in total. The van der Waals surface area contributed by atoms with Crippen molar-refractivity contribution in [2.75, 3.05) is 18.4 Å². The van der Waals surface area contributed by atoms with E-state index in [-0.39, 0.29) is 17.7 Å². The zero-order valence-corrected chi connectivity index (χ0v) is 16.7. The lowest BCUT2D eigenvalue weighted by molar-refractivity contribution is -0.929. The van der Waals surface area contributed by atoms with Crippen molar-refractivity contribution in [2.24, 2.45) is 0 Å². The van der Waals surface area contributed by atoms with Gasteiger partial charge in [0.25, 0.3) is 5.91 Å². The maximum absolute atomic E-state index is 12.6. The number of likely N-dealkylation sites (tertiary alicyclic amines) is 1. The van der Waals surface area contributed by atoms with Crippen molar-refractivity contribution < 1.29 is 14.5 Å². The lowest BCUT2D eigenvalue weighted by Crippen LogP contribution is -3.14. The van der Waals surface area contributed by atoms with Crippen LogP contribution in [-0.4, -0.2) is 29.8 Å². The van der Waals surface area contributed by atoms with Crippen molar-refractivity contribution in [1.82, 2.24) is 4.98 Å². The fraction of sp³-hybridized carbons (Fsp3) is 0.318. The second-order valence-corrected chi connectivity index (χ2v) is 8.40. The number of thiazole rings is 1. The molecule has 5 nitrogen and oxygen atoms in total. The quantitative estimate of drug-likeness (QED) is 0.653. The van der Waals surface area contributed by atoms with Crippen LogP contribution < -0.4 is 10.2 Å². The molecule has 2 atom stereocenters. The number of piperidine rings is 1. The van der Waals surface area contributed by atoms with Gasteiger partial charge in [0.2, 0.25) is 0 Å². The first kappa shape index (κ1) is 18.8. The summed E-state index contributed by atoms with van der Waals surface area (Å²) < 4.78 is 1.21. The third-order valence-electron chi connectivity index (χ3n) is 5.30. The first-order valence-electron chi connectivity index (χ1n) is 9.71. The molecule has 1 saturated heterocycles. The molecule has 0 aliphatic carbocycles. The Balaban J connectivity index is 1.45. The lowest BCUT2D eigenvalue weighted by Gasteiger charge is -2.30. The minimum Gasteiger partial charge on any atom is -0.321 e. The molecule has 3 aromatic rings. The van der Waals surface area contributed by atoms with Crippen molar-refractivity contribution in [1.29, 1.82) is 0 Å². The van der Waals surface area contributed by atoms with Gasteiger partial charge < -0.3 is 10.2 Å². The van der Waals surface area contributed by atoms with Crippen LogP contribution in [0.1, 0.15) is 47.6 Å². The molecule has 0 radical (unpaired) electrons. The number of anilines is 1. The summed E-state index contributed by atoms with van der Waals surface area (Å²) in [6.07, 6.45) is 3.38. The largest absolute Gasteiger partial charge is 0.321 e. The number of quaternary nitrogens is 1. The van der Waals surface area contributed by atoms with Crippen molar-refractivity contribution >= 4 is 38.9 Å². The number of ketones is 1. The molecule has 0 saturated carbocycles. The number of nitrogens with one attached hydrogen (secondary N) is 2. The van der Waals surface area contributed by atoms with Gasteiger partial charge >= 0.3 is 0 Å². The van der Waals surface area contributed by atoms with Gasteiger partial charge in [0.05, 0.1) is 16.8 Å². The summed E-state index contributed by atoms with van der Waals surface area (Å²) >= 11 is 1.75. The Bertz CT molecular complexity index is 963. The Morgan fingerprint density at radius 2 is 1.93 bits per heavy atom. The number of carbonyl (C=O) groups is 2. The molecule has 1 fully saturated rings. The fourth-order valence-corrected chi connectivity index (χ4v) is 4.99. The van der Waals surface area contributed by atoms with Crippen LogP contribution >= 0.6 is 11.3 Å². The smallest absolute Gasteiger partial charge is 0.279 e. The van der Waals surface area contributed by atoms with Crippen LogP contribution in [0.2, 0.25) is 0 Å². The normalized spacial score (nSPS) is 19.5. The molecule has 0 bridgehead atoms. The first-order valence-corrected chi connectivity index (χ1v) is 10.5. The summed E-state index contributed by atoms with van der Waals surface area (Å²) in [6, 6.07) is 15.5. The summed E-state index contributed by atoms with van der Waals surface area (Å²) in [5.41, 5.74) is 2.42. The van der Waals surface area contributed by atoms with Crippen molar-refractivity contribution in [3.05, 3.63) is 59.1 Å².